The van der Waals surface area contributed by atoms with Gasteiger partial charge in [-0.1, -0.05) is 101 Å². The van der Waals surface area contributed by atoms with E-state index in [4.69, 9.17) is 16.3 Å². The predicted molar refractivity (Wildman–Crippen MR) is 119 cm³/mol. The molecule has 0 radical (unpaired) electrons. The second-order valence-corrected chi connectivity index (χ2v) is 7.82. The minimum atomic E-state index is 0.695. The first-order valence-corrected chi connectivity index (χ1v) is 11.1. The van der Waals surface area contributed by atoms with Crippen molar-refractivity contribution in [3.05, 3.63) is 53.1 Å². The van der Waals surface area contributed by atoms with Crippen molar-refractivity contribution in [1.82, 2.24) is 0 Å². The van der Waals surface area contributed by atoms with Gasteiger partial charge in [0.25, 0.3) is 0 Å². The molecule has 2 heteroatoms. The van der Waals surface area contributed by atoms with Crippen LogP contribution in [0.1, 0.15) is 77.2 Å². The van der Waals surface area contributed by atoms with Gasteiger partial charge in [0.15, 0.2) is 0 Å². The van der Waals surface area contributed by atoms with Crippen molar-refractivity contribution >= 4 is 11.6 Å². The van der Waals surface area contributed by atoms with Crippen molar-refractivity contribution in [2.75, 3.05) is 6.61 Å². The number of unbranched alkanes of at least 4 members (excludes halogenated alkanes) is 7. The highest BCUT2D eigenvalue weighted by molar-refractivity contribution is 6.32. The van der Waals surface area contributed by atoms with Crippen LogP contribution in [0.3, 0.4) is 0 Å². The molecule has 0 amide bonds. The summed E-state index contributed by atoms with van der Waals surface area (Å²) in [6.45, 7) is 5.20. The zero-order valence-corrected chi connectivity index (χ0v) is 17.9. The van der Waals surface area contributed by atoms with Crippen molar-refractivity contribution in [2.45, 2.75) is 78.1 Å². The van der Waals surface area contributed by atoms with Crippen LogP contribution in [0.2, 0.25) is 5.02 Å². The van der Waals surface area contributed by atoms with Crippen LogP contribution in [0.4, 0.5) is 0 Å². The van der Waals surface area contributed by atoms with Crippen LogP contribution in [-0.4, -0.2) is 6.61 Å². The molecule has 2 aromatic rings. The monoisotopic (exact) mass is 386 g/mol. The Bertz CT molecular complexity index is 648. The summed E-state index contributed by atoms with van der Waals surface area (Å²) in [5.74, 6) is 0.788. The molecular weight excluding hydrogens is 352 g/mol. The highest BCUT2D eigenvalue weighted by Crippen LogP contribution is 2.31. The summed E-state index contributed by atoms with van der Waals surface area (Å²) in [4.78, 5) is 0. The Labute approximate surface area is 171 Å². The lowest BCUT2D eigenvalue weighted by molar-refractivity contribution is 0.306. The molecule has 0 saturated heterocycles. The summed E-state index contributed by atoms with van der Waals surface area (Å²) in [5.41, 5.74) is 3.78. The third-order valence-electron chi connectivity index (χ3n) is 5.04. The van der Waals surface area contributed by atoms with E-state index in [1.807, 2.05) is 12.1 Å². The van der Waals surface area contributed by atoms with Crippen molar-refractivity contribution in [3.8, 4) is 16.9 Å². The number of hydrogen-bond donors (Lipinski definition) is 0. The Morgan fingerprint density at radius 1 is 0.704 bits per heavy atom. The second-order valence-electron chi connectivity index (χ2n) is 7.42. The van der Waals surface area contributed by atoms with Crippen LogP contribution < -0.4 is 4.74 Å². The first-order chi connectivity index (χ1) is 13.2. The molecule has 0 saturated carbocycles. The minimum Gasteiger partial charge on any atom is -0.492 e. The average Bonchev–Trinajstić information content (AvgIpc) is 2.69. The maximum atomic E-state index is 6.42. The predicted octanol–water partition coefficient (Wildman–Crippen LogP) is 8.48. The topological polar surface area (TPSA) is 9.23 Å². The molecule has 0 aliphatic rings. The number of aryl methyl sites for hydroxylation is 1. The van der Waals surface area contributed by atoms with E-state index < -0.39 is 0 Å². The Morgan fingerprint density at radius 2 is 1.33 bits per heavy atom. The van der Waals surface area contributed by atoms with Gasteiger partial charge in [0.1, 0.15) is 5.75 Å². The van der Waals surface area contributed by atoms with E-state index in [1.54, 1.807) is 0 Å². The molecular formula is C25H35ClO. The van der Waals surface area contributed by atoms with Gasteiger partial charge in [0.05, 0.1) is 11.6 Å². The quantitative estimate of drug-likeness (QED) is 0.313. The van der Waals surface area contributed by atoms with Crippen LogP contribution >= 0.6 is 11.6 Å². The van der Waals surface area contributed by atoms with Crippen molar-refractivity contribution in [2.24, 2.45) is 0 Å². The van der Waals surface area contributed by atoms with Crippen molar-refractivity contribution < 1.29 is 4.74 Å². The van der Waals surface area contributed by atoms with E-state index in [2.05, 4.69) is 44.2 Å². The SMILES string of the molecule is CCCCCCCCc1ccc(-c2ccc(OCCCCC)c(Cl)c2)cc1. The summed E-state index contributed by atoms with van der Waals surface area (Å²) in [6, 6.07) is 15.0. The number of rotatable bonds is 13. The zero-order chi connectivity index (χ0) is 19.3. The summed E-state index contributed by atoms with van der Waals surface area (Å²) >= 11 is 6.42. The van der Waals surface area contributed by atoms with Gasteiger partial charge in [-0.3, -0.25) is 0 Å². The third kappa shape index (κ3) is 7.97. The summed E-state index contributed by atoms with van der Waals surface area (Å²) in [7, 11) is 0. The van der Waals surface area contributed by atoms with Gasteiger partial charge in [0, 0.05) is 0 Å². The van der Waals surface area contributed by atoms with Crippen LogP contribution in [0.15, 0.2) is 42.5 Å². The van der Waals surface area contributed by atoms with Gasteiger partial charge >= 0.3 is 0 Å². The summed E-state index contributed by atoms with van der Waals surface area (Å²) in [6.07, 6.45) is 12.7. The average molecular weight is 387 g/mol. The first-order valence-electron chi connectivity index (χ1n) is 10.8. The fraction of sp³-hybridized carbons (Fsp3) is 0.520. The van der Waals surface area contributed by atoms with Gasteiger partial charge in [-0.25, -0.2) is 0 Å². The van der Waals surface area contributed by atoms with E-state index in [0.717, 1.165) is 24.3 Å². The largest absolute Gasteiger partial charge is 0.492 e. The normalized spacial score (nSPS) is 10.9. The van der Waals surface area contributed by atoms with Crippen LogP contribution in [-0.2, 0) is 6.42 Å². The molecule has 0 spiro atoms. The molecule has 0 aromatic heterocycles. The van der Waals surface area contributed by atoms with Crippen molar-refractivity contribution in [1.29, 1.82) is 0 Å². The van der Waals surface area contributed by atoms with Gasteiger partial charge in [0.2, 0.25) is 0 Å². The van der Waals surface area contributed by atoms with Crippen molar-refractivity contribution in [3.63, 3.8) is 0 Å². The second kappa shape index (κ2) is 12.8. The minimum absolute atomic E-state index is 0.695. The smallest absolute Gasteiger partial charge is 0.137 e. The zero-order valence-electron chi connectivity index (χ0n) is 17.1. The number of benzene rings is 2. The van der Waals surface area contributed by atoms with E-state index in [-0.39, 0.29) is 0 Å². The molecule has 0 aliphatic heterocycles. The van der Waals surface area contributed by atoms with Gasteiger partial charge in [-0.05, 0) is 48.1 Å². The molecule has 0 heterocycles. The van der Waals surface area contributed by atoms with Crippen LogP contribution in [0, 0.1) is 0 Å². The fourth-order valence-electron chi connectivity index (χ4n) is 3.30. The lowest BCUT2D eigenvalue weighted by Crippen LogP contribution is -1.97. The Balaban J connectivity index is 1.84. The Morgan fingerprint density at radius 3 is 2.04 bits per heavy atom. The Hall–Kier alpha value is -1.47. The summed E-state index contributed by atoms with van der Waals surface area (Å²) in [5, 5.41) is 0.695. The number of hydrogen-bond acceptors (Lipinski definition) is 1. The maximum absolute atomic E-state index is 6.42. The molecule has 0 atom stereocenters. The molecule has 0 aliphatic carbocycles. The highest BCUT2D eigenvalue weighted by Gasteiger charge is 2.05. The molecule has 0 bridgehead atoms. The van der Waals surface area contributed by atoms with E-state index in [0.29, 0.717) is 5.02 Å². The molecule has 148 valence electrons. The highest BCUT2D eigenvalue weighted by atomic mass is 35.5. The standard InChI is InChI=1S/C25H35ClO/c1-3-5-7-8-9-10-12-21-13-15-22(16-14-21)23-17-18-25(24(26)20-23)27-19-11-6-4-2/h13-18,20H,3-12,19H2,1-2H3. The lowest BCUT2D eigenvalue weighted by Gasteiger charge is -2.10. The Kier molecular flexibility index (Phi) is 10.4. The first kappa shape index (κ1) is 21.8. The van der Waals surface area contributed by atoms with E-state index >= 15 is 0 Å². The number of ether oxygens (including phenoxy) is 1. The van der Waals surface area contributed by atoms with Crippen LogP contribution in [0.25, 0.3) is 11.1 Å². The van der Waals surface area contributed by atoms with E-state index in [9.17, 15) is 0 Å². The van der Waals surface area contributed by atoms with Gasteiger partial charge in [-0.15, -0.1) is 0 Å². The molecule has 27 heavy (non-hydrogen) atoms. The molecule has 2 rings (SSSR count). The summed E-state index contributed by atoms with van der Waals surface area (Å²) < 4.78 is 5.80. The maximum Gasteiger partial charge on any atom is 0.137 e. The lowest BCUT2D eigenvalue weighted by atomic mass is 10.0. The van der Waals surface area contributed by atoms with Gasteiger partial charge in [-0.2, -0.15) is 0 Å². The molecule has 0 unspecified atom stereocenters. The molecule has 2 aromatic carbocycles. The third-order valence-corrected chi connectivity index (χ3v) is 5.34. The van der Waals surface area contributed by atoms with Gasteiger partial charge < -0.3 is 4.74 Å². The van der Waals surface area contributed by atoms with E-state index in [1.165, 1.54) is 68.9 Å². The molecule has 0 N–H and O–H groups in total. The molecule has 1 nitrogen and oxygen atoms in total. The number of halogens is 1. The molecule has 0 fully saturated rings. The van der Waals surface area contributed by atoms with Crippen LogP contribution in [0.5, 0.6) is 5.75 Å². The fourth-order valence-corrected chi connectivity index (χ4v) is 3.54.